The maximum absolute atomic E-state index is 12.6. The van der Waals surface area contributed by atoms with E-state index in [-0.39, 0.29) is 23.3 Å². The van der Waals surface area contributed by atoms with E-state index < -0.39 is 41.8 Å². The zero-order valence-electron chi connectivity index (χ0n) is 19.7. The first kappa shape index (κ1) is 26.5. The molecule has 1 aliphatic rings. The van der Waals surface area contributed by atoms with Gasteiger partial charge in [-0.3, -0.25) is 9.59 Å². The smallest absolute Gasteiger partial charge is 0.408 e. The van der Waals surface area contributed by atoms with E-state index in [1.54, 1.807) is 26.8 Å². The molecular weight excluding hydrogens is 404 g/mol. The number of amides is 2. The summed E-state index contributed by atoms with van der Waals surface area (Å²) >= 11 is 0. The van der Waals surface area contributed by atoms with E-state index in [2.05, 4.69) is 10.6 Å². The molecule has 9 heteroatoms. The molecule has 2 amide bonds. The molecular formula is C22H36N2O7. The lowest BCUT2D eigenvalue weighted by Gasteiger charge is -2.44. The van der Waals surface area contributed by atoms with Crippen LogP contribution in [0.5, 0.6) is 0 Å². The van der Waals surface area contributed by atoms with Crippen LogP contribution in [0.15, 0.2) is 11.6 Å². The fourth-order valence-corrected chi connectivity index (χ4v) is 3.94. The van der Waals surface area contributed by atoms with Gasteiger partial charge in [0, 0.05) is 19.8 Å². The Hall–Kier alpha value is -2.58. The monoisotopic (exact) mass is 440 g/mol. The normalized spacial score (nSPS) is 23.5. The van der Waals surface area contributed by atoms with Crippen LogP contribution in [0.2, 0.25) is 0 Å². The van der Waals surface area contributed by atoms with Crippen LogP contribution in [-0.4, -0.2) is 54.8 Å². The van der Waals surface area contributed by atoms with Gasteiger partial charge >= 0.3 is 18.0 Å². The van der Waals surface area contributed by atoms with Crippen molar-refractivity contribution in [1.82, 2.24) is 10.6 Å². The quantitative estimate of drug-likeness (QED) is 0.461. The van der Waals surface area contributed by atoms with Crippen molar-refractivity contribution in [3.8, 4) is 0 Å². The van der Waals surface area contributed by atoms with Crippen molar-refractivity contribution in [2.75, 3.05) is 7.11 Å². The number of ether oxygens (including phenoxy) is 3. The average molecular weight is 441 g/mol. The van der Waals surface area contributed by atoms with Gasteiger partial charge in [-0.15, -0.1) is 0 Å². The molecule has 0 spiro atoms. The van der Waals surface area contributed by atoms with Crippen molar-refractivity contribution in [2.24, 2.45) is 11.8 Å². The average Bonchev–Trinajstić information content (AvgIpc) is 2.63. The second-order valence-corrected chi connectivity index (χ2v) is 8.70. The van der Waals surface area contributed by atoms with Crippen molar-refractivity contribution >= 4 is 23.9 Å². The maximum Gasteiger partial charge on any atom is 0.408 e. The lowest BCUT2D eigenvalue weighted by atomic mass is 9.72. The van der Waals surface area contributed by atoms with Gasteiger partial charge in [0.1, 0.15) is 5.60 Å². The predicted octanol–water partition coefficient (Wildman–Crippen LogP) is 2.48. The van der Waals surface area contributed by atoms with Gasteiger partial charge in [0.25, 0.3) is 0 Å². The fourth-order valence-electron chi connectivity index (χ4n) is 3.94. The van der Waals surface area contributed by atoms with Crippen molar-refractivity contribution < 1.29 is 33.4 Å². The summed E-state index contributed by atoms with van der Waals surface area (Å²) in [6.45, 7) is 11.8. The minimum Gasteiger partial charge on any atom is -0.466 e. The molecule has 0 radical (unpaired) electrons. The molecule has 0 aromatic heterocycles. The molecule has 9 nitrogen and oxygen atoms in total. The molecule has 2 N–H and O–H groups in total. The second kappa shape index (κ2) is 11.2. The molecule has 1 rings (SSSR count). The first-order valence-electron chi connectivity index (χ1n) is 10.6. The number of rotatable bonds is 7. The molecule has 0 bridgehead atoms. The largest absolute Gasteiger partial charge is 0.466 e. The minimum atomic E-state index is -1.15. The highest BCUT2D eigenvalue weighted by atomic mass is 16.6. The first-order chi connectivity index (χ1) is 14.3. The Labute approximate surface area is 184 Å². The zero-order chi connectivity index (χ0) is 23.9. The Kier molecular flexibility index (Phi) is 9.52. The molecule has 0 saturated carbocycles. The van der Waals surface area contributed by atoms with Gasteiger partial charge in [-0.05, 0) is 26.7 Å². The van der Waals surface area contributed by atoms with Gasteiger partial charge in [-0.25, -0.2) is 9.59 Å². The Morgan fingerprint density at radius 1 is 1.03 bits per heavy atom. The maximum atomic E-state index is 12.6. The summed E-state index contributed by atoms with van der Waals surface area (Å²) in [4.78, 5) is 49.1. The van der Waals surface area contributed by atoms with E-state index >= 15 is 0 Å². The summed E-state index contributed by atoms with van der Waals surface area (Å²) in [6.07, 6.45) is 1.35. The van der Waals surface area contributed by atoms with E-state index in [9.17, 15) is 19.2 Å². The summed E-state index contributed by atoms with van der Waals surface area (Å²) < 4.78 is 15.7. The molecule has 4 atom stereocenters. The van der Waals surface area contributed by atoms with Crippen LogP contribution in [0, 0.1) is 11.8 Å². The summed E-state index contributed by atoms with van der Waals surface area (Å²) in [5.74, 6) is -1.83. The summed E-state index contributed by atoms with van der Waals surface area (Å²) in [7, 11) is 1.23. The van der Waals surface area contributed by atoms with Crippen molar-refractivity contribution in [3.05, 3.63) is 11.6 Å². The third-order valence-corrected chi connectivity index (χ3v) is 5.17. The summed E-state index contributed by atoms with van der Waals surface area (Å²) in [6, 6.07) is -1.57. The zero-order valence-corrected chi connectivity index (χ0v) is 19.7. The van der Waals surface area contributed by atoms with Gasteiger partial charge in [-0.1, -0.05) is 32.8 Å². The summed E-state index contributed by atoms with van der Waals surface area (Å²) in [5.41, 5.74) is -0.646. The van der Waals surface area contributed by atoms with E-state index in [0.717, 1.165) is 12.8 Å². The molecule has 0 aliphatic heterocycles. The van der Waals surface area contributed by atoms with Gasteiger partial charge in [-0.2, -0.15) is 0 Å². The number of hydrogen-bond donors (Lipinski definition) is 2. The molecule has 31 heavy (non-hydrogen) atoms. The van der Waals surface area contributed by atoms with Crippen LogP contribution in [-0.2, 0) is 28.6 Å². The van der Waals surface area contributed by atoms with Crippen molar-refractivity contribution in [3.63, 3.8) is 0 Å². The predicted molar refractivity (Wildman–Crippen MR) is 114 cm³/mol. The lowest BCUT2D eigenvalue weighted by molar-refractivity contribution is -0.149. The van der Waals surface area contributed by atoms with E-state index in [1.807, 2.05) is 13.8 Å². The lowest BCUT2D eigenvalue weighted by Crippen LogP contribution is -2.64. The molecule has 1 aliphatic carbocycles. The minimum absolute atomic E-state index is 0.0951. The Morgan fingerprint density at radius 3 is 2.03 bits per heavy atom. The highest BCUT2D eigenvalue weighted by Gasteiger charge is 2.47. The Bertz CT molecular complexity index is 707. The molecule has 0 unspecified atom stereocenters. The van der Waals surface area contributed by atoms with Crippen LogP contribution in [0.25, 0.3) is 0 Å². The van der Waals surface area contributed by atoms with Gasteiger partial charge in [0.15, 0.2) is 6.10 Å². The van der Waals surface area contributed by atoms with Crippen LogP contribution in [0.1, 0.15) is 61.3 Å². The molecule has 176 valence electrons. The highest BCUT2D eigenvalue weighted by molar-refractivity contribution is 5.91. The number of alkyl carbamates (subject to hydrolysis) is 1. The molecule has 0 heterocycles. The topological polar surface area (TPSA) is 120 Å². The van der Waals surface area contributed by atoms with Crippen LogP contribution >= 0.6 is 0 Å². The van der Waals surface area contributed by atoms with Crippen LogP contribution < -0.4 is 10.6 Å². The Balaban J connectivity index is 3.59. The number of hydrogen-bond acceptors (Lipinski definition) is 7. The third-order valence-electron chi connectivity index (χ3n) is 5.17. The van der Waals surface area contributed by atoms with Gasteiger partial charge < -0.3 is 24.8 Å². The number of carbonyl (C=O) groups excluding carboxylic acids is 4. The SMILES string of the molecule is CCC(CC)[C@@H]1C=C(C(=O)OC)[C@@H](OC(C)=O)[C@H](NC(=O)OC(C)(C)C)[C@H]1NC(C)=O. The van der Waals surface area contributed by atoms with Crippen molar-refractivity contribution in [2.45, 2.75) is 85.1 Å². The molecule has 0 saturated heterocycles. The molecule has 0 aromatic rings. The third kappa shape index (κ3) is 7.56. The first-order valence-corrected chi connectivity index (χ1v) is 10.6. The summed E-state index contributed by atoms with van der Waals surface area (Å²) in [5, 5.41) is 5.61. The molecule has 0 aromatic carbocycles. The van der Waals surface area contributed by atoms with E-state index in [4.69, 9.17) is 14.2 Å². The van der Waals surface area contributed by atoms with E-state index in [0.29, 0.717) is 0 Å². The van der Waals surface area contributed by atoms with Crippen LogP contribution in [0.3, 0.4) is 0 Å². The van der Waals surface area contributed by atoms with Gasteiger partial charge in [0.2, 0.25) is 5.91 Å². The fraction of sp³-hybridized carbons (Fsp3) is 0.727. The second-order valence-electron chi connectivity index (χ2n) is 8.70. The molecule has 0 fully saturated rings. The Morgan fingerprint density at radius 2 is 1.61 bits per heavy atom. The van der Waals surface area contributed by atoms with Crippen LogP contribution in [0.4, 0.5) is 4.79 Å². The number of esters is 2. The van der Waals surface area contributed by atoms with Crippen molar-refractivity contribution in [1.29, 1.82) is 0 Å². The number of carbonyl (C=O) groups is 4. The standard InChI is InChI=1S/C22H36N2O7/c1-9-14(10-2)15-11-16(20(27)29-8)19(30-13(4)26)18(17(15)23-12(3)25)24-21(28)31-22(5,6)7/h11,14-15,17-19H,9-10H2,1-8H3,(H,23,25)(H,24,28)/t15-,17-,18+,19+/m0/s1. The van der Waals surface area contributed by atoms with E-state index in [1.165, 1.54) is 21.0 Å². The number of methoxy groups -OCH3 is 1. The van der Waals surface area contributed by atoms with Gasteiger partial charge in [0.05, 0.1) is 24.8 Å². The number of nitrogens with one attached hydrogen (secondary N) is 2. The highest BCUT2D eigenvalue weighted by Crippen LogP contribution is 2.35.